The Morgan fingerprint density at radius 2 is 1.81 bits per heavy atom. The van der Waals surface area contributed by atoms with Crippen LogP contribution in [0.5, 0.6) is 0 Å². The van der Waals surface area contributed by atoms with Gasteiger partial charge in [-0.1, -0.05) is 18.2 Å². The van der Waals surface area contributed by atoms with Gasteiger partial charge in [-0.2, -0.15) is 13.2 Å². The number of alkyl halides is 3. The van der Waals surface area contributed by atoms with Gasteiger partial charge in [-0.25, -0.2) is 4.98 Å². The molecule has 5 rings (SSSR count). The first-order chi connectivity index (χ1) is 17.3. The second-order valence-electron chi connectivity index (χ2n) is 8.66. The number of pyridine rings is 2. The molecule has 1 aliphatic carbocycles. The van der Waals surface area contributed by atoms with E-state index in [1.54, 1.807) is 12.1 Å². The maximum atomic E-state index is 14.1. The van der Waals surface area contributed by atoms with Crippen LogP contribution >= 0.6 is 0 Å². The smallest absolute Gasteiger partial charge is 0.370 e. The van der Waals surface area contributed by atoms with Gasteiger partial charge in [-0.3, -0.25) is 9.78 Å². The highest BCUT2D eigenvalue weighted by Crippen LogP contribution is 2.41. The Balaban J connectivity index is 1.71. The van der Waals surface area contributed by atoms with Crippen molar-refractivity contribution < 1.29 is 18.0 Å². The van der Waals surface area contributed by atoms with Gasteiger partial charge in [0.05, 0.1) is 22.3 Å². The molecule has 0 spiro atoms. The van der Waals surface area contributed by atoms with Crippen LogP contribution < -0.4 is 16.0 Å². The molecule has 0 bridgehead atoms. The van der Waals surface area contributed by atoms with Crippen molar-refractivity contribution in [3.05, 3.63) is 78.1 Å². The lowest BCUT2D eigenvalue weighted by atomic mass is 9.96. The minimum atomic E-state index is -4.61. The molecule has 1 amide bonds. The number of rotatable bonds is 7. The van der Waals surface area contributed by atoms with E-state index >= 15 is 0 Å². The summed E-state index contributed by atoms with van der Waals surface area (Å²) in [7, 11) is 0. The number of nitrogens with zero attached hydrogens (tertiary/aromatic N) is 2. The number of nitrogens with one attached hydrogen (secondary N) is 3. The van der Waals surface area contributed by atoms with Crippen LogP contribution in [0.2, 0.25) is 0 Å². The monoisotopic (exact) mass is 491 g/mol. The van der Waals surface area contributed by atoms with Crippen molar-refractivity contribution in [2.24, 2.45) is 0 Å². The number of para-hydroxylation sites is 1. The number of fused-ring (bicyclic) bond motifs is 1. The normalized spacial score (nSPS) is 13.4. The number of benzene rings is 2. The van der Waals surface area contributed by atoms with E-state index in [-0.39, 0.29) is 28.6 Å². The van der Waals surface area contributed by atoms with Gasteiger partial charge in [0.2, 0.25) is 0 Å². The van der Waals surface area contributed by atoms with E-state index < -0.39 is 11.7 Å². The van der Waals surface area contributed by atoms with E-state index in [0.717, 1.165) is 18.9 Å². The van der Waals surface area contributed by atoms with Gasteiger partial charge in [0.25, 0.3) is 5.91 Å². The fourth-order valence-corrected chi connectivity index (χ4v) is 4.01. The van der Waals surface area contributed by atoms with Gasteiger partial charge in [0.15, 0.2) is 0 Å². The van der Waals surface area contributed by atoms with Gasteiger partial charge in [-0.05, 0) is 61.7 Å². The Hall–Kier alpha value is -4.14. The number of carbonyl (C=O) groups excluding carboxylic acids is 1. The van der Waals surface area contributed by atoms with E-state index in [4.69, 9.17) is 0 Å². The van der Waals surface area contributed by atoms with Gasteiger partial charge < -0.3 is 16.0 Å². The summed E-state index contributed by atoms with van der Waals surface area (Å²) in [5, 5.41) is 9.63. The Morgan fingerprint density at radius 3 is 2.44 bits per heavy atom. The standard InChI is InChI=1S/C27H24F3N5O/c1-2-31-24-11-8-16(14-33-24)19-12-20-23(13-22(19)27(28,29)30)32-15-21(26(36)35-18-9-10-18)25(20)34-17-6-4-3-5-7-17/h3-8,11-15,18H,2,9-10H2,1H3,(H,31,33)(H,32,34)(H,35,36). The summed E-state index contributed by atoms with van der Waals surface area (Å²) < 4.78 is 42.4. The van der Waals surface area contributed by atoms with Crippen molar-refractivity contribution in [1.82, 2.24) is 15.3 Å². The van der Waals surface area contributed by atoms with Crippen LogP contribution in [0.15, 0.2) is 67.0 Å². The van der Waals surface area contributed by atoms with E-state index in [9.17, 15) is 18.0 Å². The molecule has 0 saturated heterocycles. The number of anilines is 3. The van der Waals surface area contributed by atoms with Crippen LogP contribution in [0.4, 0.5) is 30.4 Å². The van der Waals surface area contributed by atoms with Crippen LogP contribution in [-0.4, -0.2) is 28.5 Å². The lowest BCUT2D eigenvalue weighted by Crippen LogP contribution is -2.26. The van der Waals surface area contributed by atoms with Gasteiger partial charge in [-0.15, -0.1) is 0 Å². The third kappa shape index (κ3) is 4.95. The molecule has 3 N–H and O–H groups in total. The van der Waals surface area contributed by atoms with Crippen molar-refractivity contribution >= 4 is 34.0 Å². The number of amides is 1. The van der Waals surface area contributed by atoms with Crippen LogP contribution in [0, 0.1) is 0 Å². The minimum Gasteiger partial charge on any atom is -0.370 e. The number of aromatic nitrogens is 2. The number of halogens is 3. The van der Waals surface area contributed by atoms with Gasteiger partial charge >= 0.3 is 6.18 Å². The summed E-state index contributed by atoms with van der Waals surface area (Å²) in [6.07, 6.45) is -0.0549. The highest BCUT2D eigenvalue weighted by molar-refractivity contribution is 6.09. The SMILES string of the molecule is CCNc1ccc(-c2cc3c(Nc4ccccc4)c(C(=O)NC4CC4)cnc3cc2C(F)(F)F)cn1. The summed E-state index contributed by atoms with van der Waals surface area (Å²) in [6.45, 7) is 2.55. The average molecular weight is 492 g/mol. The predicted octanol–water partition coefficient (Wildman–Crippen LogP) is 6.38. The Labute approximate surface area is 206 Å². The van der Waals surface area contributed by atoms with E-state index in [0.29, 0.717) is 34.7 Å². The minimum absolute atomic E-state index is 0.0387. The molecule has 9 heteroatoms. The van der Waals surface area contributed by atoms with Crippen LogP contribution in [-0.2, 0) is 6.18 Å². The van der Waals surface area contributed by atoms with Gasteiger partial charge in [0.1, 0.15) is 5.82 Å². The molecule has 1 fully saturated rings. The molecular weight excluding hydrogens is 467 g/mol. The lowest BCUT2D eigenvalue weighted by Gasteiger charge is -2.19. The van der Waals surface area contributed by atoms with E-state index in [1.807, 2.05) is 37.3 Å². The first-order valence-electron chi connectivity index (χ1n) is 11.7. The van der Waals surface area contributed by atoms with Crippen LogP contribution in [0.25, 0.3) is 22.0 Å². The summed E-state index contributed by atoms with van der Waals surface area (Å²) >= 11 is 0. The second-order valence-corrected chi connectivity index (χ2v) is 8.66. The molecule has 4 aromatic rings. The van der Waals surface area contributed by atoms with Gasteiger partial charge in [0, 0.05) is 41.6 Å². The molecule has 36 heavy (non-hydrogen) atoms. The molecule has 0 atom stereocenters. The topological polar surface area (TPSA) is 78.9 Å². The molecular formula is C27H24F3N5O. The Bertz CT molecular complexity index is 1400. The number of carbonyl (C=O) groups is 1. The van der Waals surface area contributed by atoms with Crippen molar-refractivity contribution in [1.29, 1.82) is 0 Å². The molecule has 0 radical (unpaired) electrons. The molecule has 6 nitrogen and oxygen atoms in total. The van der Waals surface area contributed by atoms with Crippen molar-refractivity contribution in [2.45, 2.75) is 32.0 Å². The zero-order valence-corrected chi connectivity index (χ0v) is 19.5. The zero-order valence-electron chi connectivity index (χ0n) is 19.5. The lowest BCUT2D eigenvalue weighted by molar-refractivity contribution is -0.137. The Morgan fingerprint density at radius 1 is 1.03 bits per heavy atom. The molecule has 2 aromatic heterocycles. The third-order valence-corrected chi connectivity index (χ3v) is 5.95. The first kappa shape index (κ1) is 23.6. The first-order valence-corrected chi connectivity index (χ1v) is 11.7. The van der Waals surface area contributed by atoms with Crippen molar-refractivity contribution in [2.75, 3.05) is 17.2 Å². The van der Waals surface area contributed by atoms with Crippen LogP contribution in [0.3, 0.4) is 0 Å². The van der Waals surface area contributed by atoms with E-state index in [1.165, 1.54) is 18.5 Å². The molecule has 1 saturated carbocycles. The maximum Gasteiger partial charge on any atom is 0.417 e. The fourth-order valence-electron chi connectivity index (χ4n) is 4.01. The number of hydrogen-bond donors (Lipinski definition) is 3. The summed E-state index contributed by atoms with van der Waals surface area (Å²) in [4.78, 5) is 21.5. The summed E-state index contributed by atoms with van der Waals surface area (Å²) in [5.74, 6) is 0.256. The third-order valence-electron chi connectivity index (χ3n) is 5.95. The predicted molar refractivity (Wildman–Crippen MR) is 134 cm³/mol. The second kappa shape index (κ2) is 9.49. The van der Waals surface area contributed by atoms with Crippen molar-refractivity contribution in [3.63, 3.8) is 0 Å². The molecule has 2 heterocycles. The Kier molecular flexibility index (Phi) is 6.22. The summed E-state index contributed by atoms with van der Waals surface area (Å²) in [6, 6.07) is 15.0. The molecule has 184 valence electrons. The highest BCUT2D eigenvalue weighted by atomic mass is 19.4. The molecule has 0 aliphatic heterocycles. The average Bonchev–Trinajstić information content (AvgIpc) is 3.68. The fraction of sp³-hybridized carbons (Fsp3) is 0.222. The highest BCUT2D eigenvalue weighted by Gasteiger charge is 2.35. The van der Waals surface area contributed by atoms with E-state index in [2.05, 4.69) is 25.9 Å². The van der Waals surface area contributed by atoms with Crippen molar-refractivity contribution in [3.8, 4) is 11.1 Å². The molecule has 1 aliphatic rings. The zero-order chi connectivity index (χ0) is 25.3. The summed E-state index contributed by atoms with van der Waals surface area (Å²) in [5.41, 5.74) is 0.948. The quantitative estimate of drug-likeness (QED) is 0.279. The molecule has 2 aromatic carbocycles. The number of hydrogen-bond acceptors (Lipinski definition) is 5. The molecule has 0 unspecified atom stereocenters. The largest absolute Gasteiger partial charge is 0.417 e. The maximum absolute atomic E-state index is 14.1. The van der Waals surface area contributed by atoms with Crippen LogP contribution in [0.1, 0.15) is 35.7 Å².